The molecule has 1 saturated heterocycles. The molecule has 1 aromatic heterocycles. The Kier molecular flexibility index (Phi) is 3.46. The molecule has 0 aliphatic carbocycles. The second-order valence-electron chi connectivity index (χ2n) is 3.25. The van der Waals surface area contributed by atoms with Crippen LogP contribution in [0.5, 0.6) is 0 Å². The van der Waals surface area contributed by atoms with Gasteiger partial charge in [0.05, 0.1) is 12.3 Å². The zero-order chi connectivity index (χ0) is 10.5. The molecule has 6 nitrogen and oxygen atoms in total. The van der Waals surface area contributed by atoms with Crippen molar-refractivity contribution in [2.24, 2.45) is 0 Å². The van der Waals surface area contributed by atoms with E-state index in [9.17, 15) is 4.79 Å². The number of aromatic nitrogens is 2. The van der Waals surface area contributed by atoms with Crippen LogP contribution >= 0.6 is 11.5 Å². The average Bonchev–Trinajstić information content (AvgIpc) is 2.86. The maximum absolute atomic E-state index is 11.3. The average molecular weight is 228 g/mol. The highest BCUT2D eigenvalue weighted by atomic mass is 32.1. The summed E-state index contributed by atoms with van der Waals surface area (Å²) in [5, 5.41) is 9.63. The molecule has 2 N–H and O–H groups in total. The standard InChI is InChI=1S/C8H12N4O2S/c13-8(11-7-5-10-12-15-7)9-4-6-2-1-3-14-6/h5-6H,1-4H2,(H2,9,11,13). The summed E-state index contributed by atoms with van der Waals surface area (Å²) in [7, 11) is 0. The number of nitrogens with zero attached hydrogens (tertiary/aromatic N) is 2. The normalized spacial score (nSPS) is 20.1. The highest BCUT2D eigenvalue weighted by Gasteiger charge is 2.16. The second kappa shape index (κ2) is 5.04. The van der Waals surface area contributed by atoms with E-state index in [1.54, 1.807) is 0 Å². The molecule has 1 aromatic rings. The smallest absolute Gasteiger partial charge is 0.320 e. The van der Waals surface area contributed by atoms with Crippen molar-refractivity contribution >= 4 is 22.6 Å². The predicted molar refractivity (Wildman–Crippen MR) is 55.9 cm³/mol. The van der Waals surface area contributed by atoms with Gasteiger partial charge in [0.1, 0.15) is 5.00 Å². The van der Waals surface area contributed by atoms with Gasteiger partial charge >= 0.3 is 6.03 Å². The third-order valence-corrected chi connectivity index (χ3v) is 2.69. The van der Waals surface area contributed by atoms with Crippen molar-refractivity contribution in [3.63, 3.8) is 0 Å². The van der Waals surface area contributed by atoms with Gasteiger partial charge in [-0.15, -0.1) is 5.10 Å². The molecular weight excluding hydrogens is 216 g/mol. The van der Waals surface area contributed by atoms with Crippen LogP contribution in [0.15, 0.2) is 6.20 Å². The van der Waals surface area contributed by atoms with Crippen molar-refractivity contribution in [2.45, 2.75) is 18.9 Å². The molecular formula is C8H12N4O2S. The number of carbonyl (C=O) groups excluding carboxylic acids is 1. The Bertz CT molecular complexity index is 310. The number of rotatable bonds is 3. The maximum Gasteiger partial charge on any atom is 0.320 e. The summed E-state index contributed by atoms with van der Waals surface area (Å²) in [5.74, 6) is 0. The number of anilines is 1. The SMILES string of the molecule is O=C(NCC1CCCO1)Nc1cnns1. The second-order valence-corrected chi connectivity index (χ2v) is 4.04. The third kappa shape index (κ3) is 3.14. The highest BCUT2D eigenvalue weighted by Crippen LogP contribution is 2.11. The Balaban J connectivity index is 1.68. The minimum Gasteiger partial charge on any atom is -0.376 e. The van der Waals surface area contributed by atoms with Gasteiger partial charge in [-0.25, -0.2) is 4.79 Å². The summed E-state index contributed by atoms with van der Waals surface area (Å²) < 4.78 is 9.01. The fraction of sp³-hybridized carbons (Fsp3) is 0.625. The summed E-state index contributed by atoms with van der Waals surface area (Å²) in [6.45, 7) is 1.35. The summed E-state index contributed by atoms with van der Waals surface area (Å²) in [4.78, 5) is 11.3. The fourth-order valence-corrected chi connectivity index (χ4v) is 1.81. The topological polar surface area (TPSA) is 76.1 Å². The van der Waals surface area contributed by atoms with Crippen molar-refractivity contribution < 1.29 is 9.53 Å². The molecule has 1 unspecified atom stereocenters. The molecule has 2 amide bonds. The third-order valence-electron chi connectivity index (χ3n) is 2.11. The lowest BCUT2D eigenvalue weighted by molar-refractivity contribution is 0.112. The number of nitrogens with one attached hydrogen (secondary N) is 2. The first-order valence-corrected chi connectivity index (χ1v) is 5.56. The molecule has 7 heteroatoms. The van der Waals surface area contributed by atoms with Crippen LogP contribution in [-0.2, 0) is 4.74 Å². The predicted octanol–water partition coefficient (Wildman–Crippen LogP) is 0.839. The zero-order valence-electron chi connectivity index (χ0n) is 8.10. The molecule has 1 aliphatic rings. The van der Waals surface area contributed by atoms with E-state index in [0.29, 0.717) is 11.5 Å². The molecule has 0 spiro atoms. The Hall–Kier alpha value is -1.21. The molecule has 2 heterocycles. The summed E-state index contributed by atoms with van der Waals surface area (Å²) >= 11 is 1.15. The van der Waals surface area contributed by atoms with E-state index in [4.69, 9.17) is 4.74 Å². The van der Waals surface area contributed by atoms with Crippen LogP contribution in [-0.4, -0.2) is 34.9 Å². The minimum atomic E-state index is -0.239. The van der Waals surface area contributed by atoms with Crippen LogP contribution in [0.1, 0.15) is 12.8 Å². The molecule has 15 heavy (non-hydrogen) atoms. The van der Waals surface area contributed by atoms with Gasteiger partial charge in [-0.3, -0.25) is 5.32 Å². The lowest BCUT2D eigenvalue weighted by Gasteiger charge is -2.10. The number of ether oxygens (including phenoxy) is 1. The molecule has 0 radical (unpaired) electrons. The van der Waals surface area contributed by atoms with Gasteiger partial charge in [-0.1, -0.05) is 4.49 Å². The number of urea groups is 1. The highest BCUT2D eigenvalue weighted by molar-refractivity contribution is 7.10. The summed E-state index contributed by atoms with van der Waals surface area (Å²) in [6.07, 6.45) is 3.76. The van der Waals surface area contributed by atoms with Gasteiger partial charge in [0.15, 0.2) is 0 Å². The molecule has 82 valence electrons. The Morgan fingerprint density at radius 3 is 3.33 bits per heavy atom. The number of carbonyl (C=O) groups is 1. The van der Waals surface area contributed by atoms with Crippen molar-refractivity contribution in [3.05, 3.63) is 6.20 Å². The van der Waals surface area contributed by atoms with Crippen LogP contribution in [0, 0.1) is 0 Å². The van der Waals surface area contributed by atoms with Crippen LogP contribution in [0.2, 0.25) is 0 Å². The van der Waals surface area contributed by atoms with E-state index >= 15 is 0 Å². The van der Waals surface area contributed by atoms with Gasteiger partial charge in [0.25, 0.3) is 0 Å². The molecule has 2 rings (SSSR count). The monoisotopic (exact) mass is 228 g/mol. The number of hydrogen-bond donors (Lipinski definition) is 2. The number of hydrogen-bond acceptors (Lipinski definition) is 5. The van der Waals surface area contributed by atoms with Gasteiger partial charge in [-0.2, -0.15) is 0 Å². The van der Waals surface area contributed by atoms with E-state index in [-0.39, 0.29) is 12.1 Å². The molecule has 1 fully saturated rings. The Labute approximate surface area is 91.2 Å². The molecule has 0 aromatic carbocycles. The molecule has 0 bridgehead atoms. The van der Waals surface area contributed by atoms with Crippen LogP contribution in [0.4, 0.5) is 9.80 Å². The molecule has 1 aliphatic heterocycles. The quantitative estimate of drug-likeness (QED) is 0.803. The van der Waals surface area contributed by atoms with Gasteiger partial charge in [-0.05, 0) is 12.8 Å². The van der Waals surface area contributed by atoms with Crippen LogP contribution in [0.25, 0.3) is 0 Å². The Morgan fingerprint density at radius 1 is 1.73 bits per heavy atom. The lowest BCUT2D eigenvalue weighted by Crippen LogP contribution is -2.34. The van der Waals surface area contributed by atoms with E-state index in [0.717, 1.165) is 31.0 Å². The van der Waals surface area contributed by atoms with Crippen molar-refractivity contribution in [1.29, 1.82) is 0 Å². The number of amides is 2. The summed E-state index contributed by atoms with van der Waals surface area (Å²) in [6, 6.07) is -0.239. The van der Waals surface area contributed by atoms with E-state index in [2.05, 4.69) is 20.2 Å². The lowest BCUT2D eigenvalue weighted by atomic mass is 10.2. The van der Waals surface area contributed by atoms with Crippen LogP contribution in [0.3, 0.4) is 0 Å². The zero-order valence-corrected chi connectivity index (χ0v) is 8.92. The van der Waals surface area contributed by atoms with E-state index in [1.165, 1.54) is 6.20 Å². The van der Waals surface area contributed by atoms with E-state index < -0.39 is 0 Å². The first-order valence-electron chi connectivity index (χ1n) is 4.78. The van der Waals surface area contributed by atoms with Gasteiger partial charge in [0.2, 0.25) is 0 Å². The van der Waals surface area contributed by atoms with Crippen molar-refractivity contribution in [2.75, 3.05) is 18.5 Å². The molecule has 0 saturated carbocycles. The van der Waals surface area contributed by atoms with Crippen molar-refractivity contribution in [3.8, 4) is 0 Å². The first kappa shape index (κ1) is 10.3. The first-order chi connectivity index (χ1) is 7.34. The maximum atomic E-state index is 11.3. The van der Waals surface area contributed by atoms with Gasteiger partial charge in [0, 0.05) is 24.7 Å². The fourth-order valence-electron chi connectivity index (χ4n) is 1.39. The van der Waals surface area contributed by atoms with E-state index in [1.807, 2.05) is 0 Å². The largest absolute Gasteiger partial charge is 0.376 e. The Morgan fingerprint density at radius 2 is 2.67 bits per heavy atom. The minimum absolute atomic E-state index is 0.162. The van der Waals surface area contributed by atoms with Crippen LogP contribution < -0.4 is 10.6 Å². The molecule has 1 atom stereocenters. The summed E-state index contributed by atoms with van der Waals surface area (Å²) in [5.41, 5.74) is 0. The van der Waals surface area contributed by atoms with Crippen molar-refractivity contribution in [1.82, 2.24) is 14.9 Å². The van der Waals surface area contributed by atoms with Gasteiger partial charge < -0.3 is 10.1 Å².